The van der Waals surface area contributed by atoms with Gasteiger partial charge >= 0.3 is 0 Å². The Morgan fingerprint density at radius 3 is 1.58 bits per heavy atom. The summed E-state index contributed by atoms with van der Waals surface area (Å²) in [4.78, 5) is 23.2. The molecule has 5 aromatic carbocycles. The van der Waals surface area contributed by atoms with E-state index in [1.807, 2.05) is 48.7 Å². The van der Waals surface area contributed by atoms with Crippen LogP contribution in [0.2, 0.25) is 0 Å². The Balaban J connectivity index is 1.25. The monoisotopic (exact) mass is 666 g/mol. The zero-order valence-electron chi connectivity index (χ0n) is 27.6. The molecule has 52 heavy (non-hydrogen) atoms. The molecule has 0 bridgehead atoms. The summed E-state index contributed by atoms with van der Waals surface area (Å²) in [5.74, 6) is 2.09. The van der Waals surface area contributed by atoms with Crippen LogP contribution in [0.3, 0.4) is 0 Å². The van der Waals surface area contributed by atoms with Gasteiger partial charge in [-0.1, -0.05) is 54.6 Å². The molecule has 0 atom stereocenters. The largest absolute Gasteiger partial charge is 0.307 e. The number of hydrogen-bond donors (Lipinski definition) is 0. The van der Waals surface area contributed by atoms with Crippen molar-refractivity contribution in [2.45, 2.75) is 0 Å². The molecule has 242 valence electrons. The lowest BCUT2D eigenvalue weighted by molar-refractivity contribution is 1.06. The average Bonchev–Trinajstić information content (AvgIpc) is 3.73. The van der Waals surface area contributed by atoms with Crippen LogP contribution in [0, 0.1) is 11.3 Å². The lowest BCUT2D eigenvalue weighted by atomic mass is 9.99. The second-order valence-electron chi connectivity index (χ2n) is 12.5. The average molecular weight is 667 g/mol. The van der Waals surface area contributed by atoms with Gasteiger partial charge in [0.05, 0.1) is 45.6 Å². The van der Waals surface area contributed by atoms with Crippen molar-refractivity contribution in [3.63, 3.8) is 0 Å². The van der Waals surface area contributed by atoms with Crippen LogP contribution in [0.25, 0.3) is 89.0 Å². The predicted octanol–water partition coefficient (Wildman–Crippen LogP) is 9.73. The van der Waals surface area contributed by atoms with E-state index >= 15 is 0 Å². The molecule has 0 unspecified atom stereocenters. The summed E-state index contributed by atoms with van der Waals surface area (Å²) in [6.07, 6.45) is 8.97. The highest BCUT2D eigenvalue weighted by Gasteiger charge is 2.21. The number of rotatable bonds is 5. The van der Waals surface area contributed by atoms with E-state index < -0.39 is 0 Å². The van der Waals surface area contributed by atoms with Crippen molar-refractivity contribution in [2.75, 3.05) is 0 Å². The number of benzene rings is 5. The Labute approximate surface area is 297 Å². The summed E-state index contributed by atoms with van der Waals surface area (Å²) in [7, 11) is 0. The predicted molar refractivity (Wildman–Crippen MR) is 205 cm³/mol. The highest BCUT2D eigenvalue weighted by Crippen LogP contribution is 2.40. The van der Waals surface area contributed by atoms with E-state index in [0.29, 0.717) is 17.2 Å². The molecule has 0 amide bonds. The highest BCUT2D eigenvalue weighted by molar-refractivity contribution is 6.12. The number of hydrogen-bond acceptors (Lipinski definition) is 6. The van der Waals surface area contributed by atoms with Gasteiger partial charge in [0.2, 0.25) is 0 Å². The van der Waals surface area contributed by atoms with E-state index in [9.17, 15) is 5.26 Å². The molecule has 0 aliphatic carbocycles. The van der Waals surface area contributed by atoms with Gasteiger partial charge in [-0.15, -0.1) is 0 Å². The highest BCUT2D eigenvalue weighted by atomic mass is 15.1. The van der Waals surface area contributed by atoms with Crippen molar-refractivity contribution in [1.29, 1.82) is 5.26 Å². The van der Waals surface area contributed by atoms with Crippen LogP contribution in [0.4, 0.5) is 0 Å². The molecule has 0 saturated heterocycles. The number of fused-ring (bicyclic) bond motifs is 6. The molecule has 0 saturated carbocycles. The molecule has 0 radical (unpaired) electrons. The van der Waals surface area contributed by atoms with Gasteiger partial charge in [-0.2, -0.15) is 5.26 Å². The van der Waals surface area contributed by atoms with E-state index in [1.54, 1.807) is 24.8 Å². The molecule has 5 heterocycles. The first-order valence-corrected chi connectivity index (χ1v) is 16.9. The number of nitrogens with zero attached hydrogens (tertiary/aromatic N) is 8. The lowest BCUT2D eigenvalue weighted by Crippen LogP contribution is -2.04. The van der Waals surface area contributed by atoms with Gasteiger partial charge < -0.3 is 4.57 Å². The fraction of sp³-hybridized carbons (Fsp3) is 0. The van der Waals surface area contributed by atoms with Gasteiger partial charge in [0, 0.05) is 68.6 Å². The quantitative estimate of drug-likeness (QED) is 0.181. The molecule has 5 aromatic heterocycles. The lowest BCUT2D eigenvalue weighted by Gasteiger charge is -2.17. The molecule has 0 aliphatic rings. The van der Waals surface area contributed by atoms with Crippen LogP contribution in [0.5, 0.6) is 0 Å². The van der Waals surface area contributed by atoms with Crippen LogP contribution >= 0.6 is 0 Å². The Hall–Kier alpha value is -7.50. The second-order valence-corrected chi connectivity index (χ2v) is 12.5. The Morgan fingerprint density at radius 1 is 0.442 bits per heavy atom. The van der Waals surface area contributed by atoms with Gasteiger partial charge in [-0.3, -0.25) is 4.57 Å². The van der Waals surface area contributed by atoms with Crippen molar-refractivity contribution in [3.05, 3.63) is 164 Å². The van der Waals surface area contributed by atoms with E-state index in [0.717, 1.165) is 77.4 Å². The van der Waals surface area contributed by atoms with Crippen LogP contribution < -0.4 is 0 Å². The minimum atomic E-state index is 0.583. The van der Waals surface area contributed by atoms with Crippen molar-refractivity contribution >= 4 is 43.6 Å². The van der Waals surface area contributed by atoms with Crippen molar-refractivity contribution in [1.82, 2.24) is 34.1 Å². The summed E-state index contributed by atoms with van der Waals surface area (Å²) in [5.41, 5.74) is 9.12. The first kappa shape index (κ1) is 29.4. The molecule has 0 spiro atoms. The van der Waals surface area contributed by atoms with Gasteiger partial charge in [0.25, 0.3) is 0 Å². The summed E-state index contributed by atoms with van der Waals surface area (Å²) < 4.78 is 4.44. The third kappa shape index (κ3) is 4.57. The Morgan fingerprint density at radius 2 is 0.962 bits per heavy atom. The number of pyridine rings is 1. The van der Waals surface area contributed by atoms with Crippen molar-refractivity contribution in [3.8, 4) is 51.5 Å². The van der Waals surface area contributed by atoms with Crippen LogP contribution in [-0.4, -0.2) is 34.1 Å². The van der Waals surface area contributed by atoms with Crippen LogP contribution in [-0.2, 0) is 0 Å². The molecule has 10 aromatic rings. The van der Waals surface area contributed by atoms with Gasteiger partial charge in [0.1, 0.15) is 5.82 Å². The Kier molecular flexibility index (Phi) is 6.69. The molecule has 0 aliphatic heterocycles. The van der Waals surface area contributed by atoms with Crippen molar-refractivity contribution < 1.29 is 0 Å². The number of para-hydroxylation sites is 2. The maximum Gasteiger partial charge on any atom is 0.159 e. The summed E-state index contributed by atoms with van der Waals surface area (Å²) >= 11 is 0. The third-order valence-electron chi connectivity index (χ3n) is 9.67. The number of nitriles is 1. The summed E-state index contributed by atoms with van der Waals surface area (Å²) in [6.45, 7) is 0. The molecular weight excluding hydrogens is 641 g/mol. The maximum atomic E-state index is 10.3. The minimum absolute atomic E-state index is 0.583. The smallest absolute Gasteiger partial charge is 0.159 e. The maximum absolute atomic E-state index is 10.3. The fourth-order valence-electron chi connectivity index (χ4n) is 7.40. The molecule has 0 fully saturated rings. The van der Waals surface area contributed by atoms with E-state index in [1.165, 1.54) is 0 Å². The topological polar surface area (TPSA) is 98.1 Å². The van der Waals surface area contributed by atoms with Gasteiger partial charge in [-0.05, 0) is 72.8 Å². The first-order chi connectivity index (χ1) is 25.8. The summed E-state index contributed by atoms with van der Waals surface area (Å²) in [6, 6.07) is 45.3. The van der Waals surface area contributed by atoms with E-state index in [-0.39, 0.29) is 0 Å². The zero-order chi connectivity index (χ0) is 34.6. The van der Waals surface area contributed by atoms with Crippen LogP contribution in [0.1, 0.15) is 5.56 Å². The number of aromatic nitrogens is 7. The standard InChI is InChI=1S/C44H26N8/c45-26-30-9-1-2-10-31(30)36-25-42(52-38-14-6-4-12-33(38)35-24-29(16-18-40(35)52)44-48-21-8-22-49-44)50-27-41(36)51-37-13-5-3-11-32(37)34-23-28(15-17-39(34)51)43-46-19-7-20-47-43/h1-25,27H. The molecular formula is C44H26N8. The van der Waals surface area contributed by atoms with Gasteiger partial charge in [0.15, 0.2) is 11.6 Å². The minimum Gasteiger partial charge on any atom is -0.307 e. The van der Waals surface area contributed by atoms with E-state index in [2.05, 4.69) is 120 Å². The fourth-order valence-corrected chi connectivity index (χ4v) is 7.40. The van der Waals surface area contributed by atoms with E-state index in [4.69, 9.17) is 4.98 Å². The van der Waals surface area contributed by atoms with Crippen molar-refractivity contribution in [2.24, 2.45) is 0 Å². The molecule has 10 rings (SSSR count). The molecule has 0 N–H and O–H groups in total. The second kappa shape index (κ2) is 11.8. The summed E-state index contributed by atoms with van der Waals surface area (Å²) in [5, 5.41) is 14.7. The van der Waals surface area contributed by atoms with Crippen LogP contribution in [0.15, 0.2) is 158 Å². The molecule has 8 nitrogen and oxygen atoms in total. The Bertz CT molecular complexity index is 3030. The molecule has 8 heteroatoms. The SMILES string of the molecule is N#Cc1ccccc1-c1cc(-n2c3ccccc3c3cc(-c4ncccn4)ccc32)ncc1-n1c2ccccc2c2cc(-c3ncccn3)ccc21. The zero-order valence-corrected chi connectivity index (χ0v) is 27.6. The normalized spacial score (nSPS) is 11.4. The van der Waals surface area contributed by atoms with Gasteiger partial charge in [-0.25, -0.2) is 24.9 Å². The third-order valence-corrected chi connectivity index (χ3v) is 9.67. The first-order valence-electron chi connectivity index (χ1n) is 16.9.